The van der Waals surface area contributed by atoms with Crippen molar-refractivity contribution < 1.29 is 14.4 Å². The number of amides is 3. The molecule has 1 saturated heterocycles. The second kappa shape index (κ2) is 8.68. The van der Waals surface area contributed by atoms with E-state index in [0.717, 1.165) is 25.9 Å². The molecule has 114 valence electrons. The molecule has 0 aromatic carbocycles. The number of rotatable bonds is 5. The fourth-order valence-corrected chi connectivity index (χ4v) is 2.35. The van der Waals surface area contributed by atoms with Crippen molar-refractivity contribution in [1.29, 1.82) is 0 Å². The van der Waals surface area contributed by atoms with Gasteiger partial charge < -0.3 is 10.2 Å². The Bertz CT molecular complexity index is 346. The minimum absolute atomic E-state index is 0.168. The summed E-state index contributed by atoms with van der Waals surface area (Å²) in [5, 5.41) is 5.41. The van der Waals surface area contributed by atoms with E-state index < -0.39 is 11.8 Å². The minimum atomic E-state index is -0.796. The van der Waals surface area contributed by atoms with Gasteiger partial charge in [-0.15, -0.1) is 0 Å². The van der Waals surface area contributed by atoms with Crippen molar-refractivity contribution in [1.82, 2.24) is 15.5 Å². The summed E-state index contributed by atoms with van der Waals surface area (Å²) in [6.07, 6.45) is 3.00. The number of carbonyl (C=O) groups excluding carboxylic acids is 3. The third kappa shape index (κ3) is 4.92. The van der Waals surface area contributed by atoms with Gasteiger partial charge in [-0.2, -0.15) is 0 Å². The summed E-state index contributed by atoms with van der Waals surface area (Å²) in [6.45, 7) is 6.54. The quantitative estimate of drug-likeness (QED) is 0.710. The summed E-state index contributed by atoms with van der Waals surface area (Å²) in [5.74, 6) is -1.89. The summed E-state index contributed by atoms with van der Waals surface area (Å²) in [5.41, 5.74) is 0. The van der Waals surface area contributed by atoms with Crippen molar-refractivity contribution in [3.05, 3.63) is 0 Å². The standard InChI is InChI=1S/C14H25N3O3/c1-3-9-17(10-4-2)14(20)13(19)16-12(18)11-5-7-15-8-6-11/h11,15H,3-10H2,1-2H3,(H,16,18,19). The molecule has 3 amide bonds. The van der Waals surface area contributed by atoms with E-state index in [-0.39, 0.29) is 11.8 Å². The molecule has 1 heterocycles. The molecule has 0 spiro atoms. The number of piperidine rings is 1. The Kier molecular flexibility index (Phi) is 7.22. The molecule has 0 unspecified atom stereocenters. The van der Waals surface area contributed by atoms with Gasteiger partial charge in [0.05, 0.1) is 0 Å². The largest absolute Gasteiger partial charge is 0.334 e. The van der Waals surface area contributed by atoms with Crippen molar-refractivity contribution in [2.24, 2.45) is 5.92 Å². The molecule has 0 aromatic rings. The Morgan fingerprint density at radius 3 is 2.15 bits per heavy atom. The average molecular weight is 283 g/mol. The number of carbonyl (C=O) groups is 3. The lowest BCUT2D eigenvalue weighted by Gasteiger charge is -2.23. The molecular formula is C14H25N3O3. The van der Waals surface area contributed by atoms with Gasteiger partial charge >= 0.3 is 11.8 Å². The van der Waals surface area contributed by atoms with Gasteiger partial charge in [0.2, 0.25) is 5.91 Å². The van der Waals surface area contributed by atoms with Crippen molar-refractivity contribution in [3.8, 4) is 0 Å². The van der Waals surface area contributed by atoms with Gasteiger partial charge in [-0.25, -0.2) is 0 Å². The van der Waals surface area contributed by atoms with E-state index in [1.165, 1.54) is 4.90 Å². The van der Waals surface area contributed by atoms with Gasteiger partial charge in [-0.1, -0.05) is 13.8 Å². The zero-order chi connectivity index (χ0) is 15.0. The van der Waals surface area contributed by atoms with E-state index in [4.69, 9.17) is 0 Å². The van der Waals surface area contributed by atoms with Crippen molar-refractivity contribution in [3.63, 3.8) is 0 Å². The molecule has 2 N–H and O–H groups in total. The van der Waals surface area contributed by atoms with E-state index in [0.29, 0.717) is 25.9 Å². The van der Waals surface area contributed by atoms with Crippen molar-refractivity contribution >= 4 is 17.7 Å². The van der Waals surface area contributed by atoms with Crippen LogP contribution in [0.3, 0.4) is 0 Å². The average Bonchev–Trinajstić information content (AvgIpc) is 2.47. The summed E-state index contributed by atoms with van der Waals surface area (Å²) in [4.78, 5) is 37.3. The molecule has 0 radical (unpaired) electrons. The normalized spacial score (nSPS) is 15.7. The zero-order valence-electron chi connectivity index (χ0n) is 12.4. The lowest BCUT2D eigenvalue weighted by atomic mass is 9.97. The zero-order valence-corrected chi connectivity index (χ0v) is 12.4. The Labute approximate surface area is 120 Å². The topological polar surface area (TPSA) is 78.5 Å². The molecule has 0 bridgehead atoms. The summed E-state index contributed by atoms with van der Waals surface area (Å²) in [6, 6.07) is 0. The van der Waals surface area contributed by atoms with Crippen LogP contribution in [-0.2, 0) is 14.4 Å². The molecule has 20 heavy (non-hydrogen) atoms. The molecule has 6 heteroatoms. The lowest BCUT2D eigenvalue weighted by Crippen LogP contribution is -2.48. The van der Waals surface area contributed by atoms with Crippen LogP contribution in [0.5, 0.6) is 0 Å². The molecule has 0 aliphatic carbocycles. The number of nitrogens with one attached hydrogen (secondary N) is 2. The molecule has 0 atom stereocenters. The van der Waals surface area contributed by atoms with Crippen LogP contribution in [0.15, 0.2) is 0 Å². The fraction of sp³-hybridized carbons (Fsp3) is 0.786. The number of hydrogen-bond acceptors (Lipinski definition) is 4. The molecule has 1 fully saturated rings. The van der Waals surface area contributed by atoms with Crippen LogP contribution in [0.25, 0.3) is 0 Å². The predicted molar refractivity (Wildman–Crippen MR) is 75.9 cm³/mol. The minimum Gasteiger partial charge on any atom is -0.334 e. The summed E-state index contributed by atoms with van der Waals surface area (Å²) < 4.78 is 0. The number of nitrogens with zero attached hydrogens (tertiary/aromatic N) is 1. The smallest absolute Gasteiger partial charge is 0.316 e. The Balaban J connectivity index is 2.50. The maximum absolute atomic E-state index is 12.0. The van der Waals surface area contributed by atoms with Gasteiger partial charge in [-0.05, 0) is 38.8 Å². The molecular weight excluding hydrogens is 258 g/mol. The highest BCUT2D eigenvalue weighted by Gasteiger charge is 2.27. The van der Waals surface area contributed by atoms with Crippen LogP contribution in [0.2, 0.25) is 0 Å². The highest BCUT2D eigenvalue weighted by atomic mass is 16.2. The predicted octanol–water partition coefficient (Wildman–Crippen LogP) is 0.277. The van der Waals surface area contributed by atoms with Crippen LogP contribution in [0.4, 0.5) is 0 Å². The van der Waals surface area contributed by atoms with E-state index in [9.17, 15) is 14.4 Å². The van der Waals surface area contributed by atoms with E-state index in [1.807, 2.05) is 13.8 Å². The molecule has 0 aromatic heterocycles. The van der Waals surface area contributed by atoms with E-state index in [1.54, 1.807) is 0 Å². The van der Waals surface area contributed by atoms with Crippen molar-refractivity contribution in [2.75, 3.05) is 26.2 Å². The maximum atomic E-state index is 12.0. The second-order valence-electron chi connectivity index (χ2n) is 5.13. The van der Waals surface area contributed by atoms with Crippen LogP contribution >= 0.6 is 0 Å². The maximum Gasteiger partial charge on any atom is 0.316 e. The first-order chi connectivity index (χ1) is 9.60. The highest BCUT2D eigenvalue weighted by molar-refractivity contribution is 6.37. The van der Waals surface area contributed by atoms with Crippen molar-refractivity contribution in [2.45, 2.75) is 39.5 Å². The Morgan fingerprint density at radius 1 is 1.10 bits per heavy atom. The van der Waals surface area contributed by atoms with Gasteiger partial charge in [-0.3, -0.25) is 19.7 Å². The van der Waals surface area contributed by atoms with Crippen LogP contribution in [0.1, 0.15) is 39.5 Å². The molecule has 0 saturated carbocycles. The van der Waals surface area contributed by atoms with Gasteiger partial charge in [0.15, 0.2) is 0 Å². The first kappa shape index (κ1) is 16.6. The number of imide groups is 1. The molecule has 1 aliphatic rings. The van der Waals surface area contributed by atoms with Crippen LogP contribution in [-0.4, -0.2) is 48.8 Å². The highest BCUT2D eigenvalue weighted by Crippen LogP contribution is 2.11. The van der Waals surface area contributed by atoms with Crippen LogP contribution in [0, 0.1) is 5.92 Å². The van der Waals surface area contributed by atoms with Gasteiger partial charge in [0, 0.05) is 19.0 Å². The summed E-state index contributed by atoms with van der Waals surface area (Å²) >= 11 is 0. The number of hydrogen-bond donors (Lipinski definition) is 2. The van der Waals surface area contributed by atoms with Gasteiger partial charge in [0.1, 0.15) is 0 Å². The molecule has 6 nitrogen and oxygen atoms in total. The molecule has 1 aliphatic heterocycles. The first-order valence-corrected chi connectivity index (χ1v) is 7.44. The first-order valence-electron chi connectivity index (χ1n) is 7.44. The monoisotopic (exact) mass is 283 g/mol. The third-order valence-electron chi connectivity index (χ3n) is 3.42. The second-order valence-corrected chi connectivity index (χ2v) is 5.13. The Morgan fingerprint density at radius 2 is 1.65 bits per heavy atom. The molecule has 1 rings (SSSR count). The SMILES string of the molecule is CCCN(CCC)C(=O)C(=O)NC(=O)C1CCNCC1. The Hall–Kier alpha value is -1.43. The van der Waals surface area contributed by atoms with E-state index in [2.05, 4.69) is 10.6 Å². The van der Waals surface area contributed by atoms with E-state index >= 15 is 0 Å². The lowest BCUT2D eigenvalue weighted by molar-refractivity contribution is -0.148. The van der Waals surface area contributed by atoms with Crippen LogP contribution < -0.4 is 10.6 Å². The van der Waals surface area contributed by atoms with Gasteiger partial charge in [0.25, 0.3) is 0 Å². The fourth-order valence-electron chi connectivity index (χ4n) is 2.35. The summed E-state index contributed by atoms with van der Waals surface area (Å²) in [7, 11) is 0. The third-order valence-corrected chi connectivity index (χ3v) is 3.42.